The fraction of sp³-hybridized carbons (Fsp3) is 0.308. The number of ether oxygens (including phenoxy) is 1. The van der Waals surface area contributed by atoms with E-state index in [-0.39, 0.29) is 24.9 Å². The molecule has 0 aliphatic carbocycles. The molecule has 0 bridgehead atoms. The first kappa shape index (κ1) is 17.4. The zero-order valence-corrected chi connectivity index (χ0v) is 13.4. The highest BCUT2D eigenvalue weighted by molar-refractivity contribution is 7.15. The first-order valence-electron chi connectivity index (χ1n) is 6.11. The number of anilines is 1. The zero-order valence-electron chi connectivity index (χ0n) is 11.8. The average molecular weight is 329 g/mol. The topological polar surface area (TPSA) is 76.1 Å². The minimum absolute atomic E-state index is 0. The summed E-state index contributed by atoms with van der Waals surface area (Å²) in [4.78, 5) is 11.4. The molecule has 0 radical (unpaired) electrons. The molecule has 0 aliphatic rings. The molecule has 1 amide bonds. The third kappa shape index (κ3) is 5.30. The lowest BCUT2D eigenvalue weighted by Crippen LogP contribution is -2.24. The van der Waals surface area contributed by atoms with Crippen molar-refractivity contribution in [3.63, 3.8) is 0 Å². The number of halogens is 1. The molecule has 8 heteroatoms. The van der Waals surface area contributed by atoms with Crippen molar-refractivity contribution in [3.05, 3.63) is 34.8 Å². The van der Waals surface area contributed by atoms with Gasteiger partial charge in [0.1, 0.15) is 10.8 Å². The van der Waals surface area contributed by atoms with Gasteiger partial charge in [0.05, 0.1) is 13.7 Å². The number of nitrogens with one attached hydrogen (secondary N) is 2. The third-order valence-corrected chi connectivity index (χ3v) is 3.38. The van der Waals surface area contributed by atoms with E-state index in [1.54, 1.807) is 14.2 Å². The molecule has 0 atom stereocenters. The van der Waals surface area contributed by atoms with Gasteiger partial charge in [0.2, 0.25) is 11.0 Å². The van der Waals surface area contributed by atoms with Gasteiger partial charge in [-0.1, -0.05) is 23.5 Å². The van der Waals surface area contributed by atoms with Gasteiger partial charge in [-0.25, -0.2) is 0 Å². The summed E-state index contributed by atoms with van der Waals surface area (Å²) < 4.78 is 5.18. The van der Waals surface area contributed by atoms with Crippen LogP contribution in [0.25, 0.3) is 0 Å². The van der Waals surface area contributed by atoms with E-state index in [4.69, 9.17) is 4.74 Å². The van der Waals surface area contributed by atoms with E-state index < -0.39 is 0 Å². The summed E-state index contributed by atoms with van der Waals surface area (Å²) in [5.41, 5.74) is 1.09. The molecule has 1 aromatic carbocycles. The maximum absolute atomic E-state index is 11.4. The van der Waals surface area contributed by atoms with Crippen molar-refractivity contribution in [1.82, 2.24) is 15.5 Å². The van der Waals surface area contributed by atoms with Crippen LogP contribution in [-0.2, 0) is 11.2 Å². The molecule has 2 N–H and O–H groups in total. The van der Waals surface area contributed by atoms with Gasteiger partial charge < -0.3 is 10.1 Å². The molecule has 1 heterocycles. The number of aromatic nitrogens is 2. The largest absolute Gasteiger partial charge is 0.497 e. The van der Waals surface area contributed by atoms with Crippen LogP contribution >= 0.6 is 23.7 Å². The number of nitrogens with zero attached hydrogens (tertiary/aromatic N) is 2. The number of amides is 1. The quantitative estimate of drug-likeness (QED) is 0.844. The van der Waals surface area contributed by atoms with Crippen LogP contribution in [0.5, 0.6) is 5.75 Å². The van der Waals surface area contributed by atoms with Gasteiger partial charge in [-0.2, -0.15) is 0 Å². The summed E-state index contributed by atoms with van der Waals surface area (Å²) in [6.07, 6.45) is 0.663. The lowest BCUT2D eigenvalue weighted by atomic mass is 10.1. The van der Waals surface area contributed by atoms with Crippen LogP contribution in [0.1, 0.15) is 10.6 Å². The Morgan fingerprint density at radius 2 is 2.19 bits per heavy atom. The van der Waals surface area contributed by atoms with E-state index in [2.05, 4.69) is 20.8 Å². The Balaban J connectivity index is 0.00000220. The van der Waals surface area contributed by atoms with Crippen LogP contribution in [0.3, 0.4) is 0 Å². The van der Waals surface area contributed by atoms with Gasteiger partial charge in [0, 0.05) is 6.42 Å². The van der Waals surface area contributed by atoms with Crippen molar-refractivity contribution in [3.8, 4) is 5.75 Å². The van der Waals surface area contributed by atoms with E-state index in [0.717, 1.165) is 16.3 Å². The van der Waals surface area contributed by atoms with Crippen LogP contribution in [-0.4, -0.2) is 36.8 Å². The average Bonchev–Trinajstić information content (AvgIpc) is 2.86. The monoisotopic (exact) mass is 328 g/mol. The molecular formula is C13H17ClN4O2S. The van der Waals surface area contributed by atoms with Crippen molar-refractivity contribution in [2.75, 3.05) is 26.0 Å². The predicted octanol–water partition coefficient (Wildman–Crippen LogP) is 1.72. The summed E-state index contributed by atoms with van der Waals surface area (Å²) in [7, 11) is 3.35. The van der Waals surface area contributed by atoms with Crippen LogP contribution < -0.4 is 15.4 Å². The summed E-state index contributed by atoms with van der Waals surface area (Å²) >= 11 is 1.37. The molecule has 0 spiro atoms. The minimum Gasteiger partial charge on any atom is -0.497 e. The number of likely N-dealkylation sites (N-methyl/N-ethyl adjacent to an activating group) is 1. The van der Waals surface area contributed by atoms with E-state index in [9.17, 15) is 4.79 Å². The molecular weight excluding hydrogens is 312 g/mol. The van der Waals surface area contributed by atoms with Crippen molar-refractivity contribution in [2.24, 2.45) is 0 Å². The van der Waals surface area contributed by atoms with Gasteiger partial charge in [0.15, 0.2) is 0 Å². The molecule has 0 aliphatic heterocycles. The normalized spacial score (nSPS) is 9.81. The number of hydrogen-bond acceptors (Lipinski definition) is 6. The van der Waals surface area contributed by atoms with Crippen molar-refractivity contribution in [1.29, 1.82) is 0 Å². The Kier molecular flexibility index (Phi) is 7.07. The number of carbonyl (C=O) groups is 1. The number of carbonyl (C=O) groups excluding carboxylic acids is 1. The number of hydrogen-bond donors (Lipinski definition) is 2. The minimum atomic E-state index is -0.128. The number of rotatable bonds is 6. The standard InChI is InChI=1S/C13H16N4O2S.ClH/c1-14-8-11(18)15-13-17-16-12(20-13)7-9-4-3-5-10(6-9)19-2;/h3-6,14H,7-8H2,1-2H3,(H,15,17,18);1H. The van der Waals surface area contributed by atoms with Crippen molar-refractivity contribution < 1.29 is 9.53 Å². The molecule has 0 saturated carbocycles. The van der Waals surface area contributed by atoms with Crippen LogP contribution in [0, 0.1) is 0 Å². The van der Waals surface area contributed by atoms with E-state index >= 15 is 0 Å². The van der Waals surface area contributed by atoms with Gasteiger partial charge in [-0.15, -0.1) is 22.6 Å². The smallest absolute Gasteiger partial charge is 0.240 e. The predicted molar refractivity (Wildman–Crippen MR) is 85.5 cm³/mol. The fourth-order valence-corrected chi connectivity index (χ4v) is 2.45. The second kappa shape index (κ2) is 8.56. The van der Waals surface area contributed by atoms with Crippen LogP contribution in [0.15, 0.2) is 24.3 Å². The Morgan fingerprint density at radius 3 is 2.90 bits per heavy atom. The molecule has 0 saturated heterocycles. The lowest BCUT2D eigenvalue weighted by molar-refractivity contribution is -0.115. The van der Waals surface area contributed by atoms with Crippen LogP contribution in [0.4, 0.5) is 5.13 Å². The summed E-state index contributed by atoms with van der Waals surface area (Å²) in [5, 5.41) is 14.9. The first-order valence-corrected chi connectivity index (χ1v) is 6.92. The Morgan fingerprint density at radius 1 is 1.38 bits per heavy atom. The van der Waals surface area contributed by atoms with Gasteiger partial charge in [-0.3, -0.25) is 10.1 Å². The lowest BCUT2D eigenvalue weighted by Gasteiger charge is -2.02. The van der Waals surface area contributed by atoms with E-state index in [1.807, 2.05) is 24.3 Å². The first-order chi connectivity index (χ1) is 9.71. The van der Waals surface area contributed by atoms with Gasteiger partial charge in [-0.05, 0) is 24.7 Å². The summed E-state index contributed by atoms with van der Waals surface area (Å²) in [6, 6.07) is 7.79. The Labute approximate surface area is 133 Å². The highest BCUT2D eigenvalue weighted by atomic mass is 35.5. The zero-order chi connectivity index (χ0) is 14.4. The molecule has 0 unspecified atom stereocenters. The second-order valence-corrected chi connectivity index (χ2v) is 5.17. The van der Waals surface area contributed by atoms with Crippen LogP contribution in [0.2, 0.25) is 0 Å². The number of benzene rings is 1. The maximum atomic E-state index is 11.4. The molecule has 2 aromatic rings. The summed E-state index contributed by atoms with van der Waals surface area (Å²) in [6.45, 7) is 0.255. The molecule has 6 nitrogen and oxygen atoms in total. The van der Waals surface area contributed by atoms with E-state index in [0.29, 0.717) is 11.6 Å². The van der Waals surface area contributed by atoms with Gasteiger partial charge >= 0.3 is 0 Å². The molecule has 0 fully saturated rings. The van der Waals surface area contributed by atoms with E-state index in [1.165, 1.54) is 11.3 Å². The SMILES string of the molecule is CNCC(=O)Nc1nnc(Cc2cccc(OC)c2)s1.Cl. The number of methoxy groups -OCH3 is 1. The van der Waals surface area contributed by atoms with Gasteiger partial charge in [0.25, 0.3) is 0 Å². The van der Waals surface area contributed by atoms with Crippen molar-refractivity contribution >= 4 is 34.8 Å². The van der Waals surface area contributed by atoms with Crippen molar-refractivity contribution in [2.45, 2.75) is 6.42 Å². The molecule has 21 heavy (non-hydrogen) atoms. The third-order valence-electron chi connectivity index (χ3n) is 2.54. The Bertz CT molecular complexity index is 591. The fourth-order valence-electron chi connectivity index (χ4n) is 1.66. The second-order valence-electron chi connectivity index (χ2n) is 4.11. The molecule has 2 rings (SSSR count). The highest BCUT2D eigenvalue weighted by Gasteiger charge is 2.08. The summed E-state index contributed by atoms with van der Waals surface area (Å²) in [5.74, 6) is 0.686. The molecule has 114 valence electrons. The maximum Gasteiger partial charge on any atom is 0.240 e. The Hall–Kier alpha value is -1.70. The highest BCUT2D eigenvalue weighted by Crippen LogP contribution is 2.20. The molecule has 1 aromatic heterocycles.